The number of aromatic amines is 1. The summed E-state index contributed by atoms with van der Waals surface area (Å²) in [6, 6.07) is 7.54. The fraction of sp³-hybridized carbons (Fsp3) is 0.385. The van der Waals surface area contributed by atoms with Gasteiger partial charge in [-0.05, 0) is 48.7 Å². The van der Waals surface area contributed by atoms with Crippen molar-refractivity contribution in [1.82, 2.24) is 19.4 Å². The summed E-state index contributed by atoms with van der Waals surface area (Å²) in [6.45, 7) is 1.41. The second kappa shape index (κ2) is 9.67. The van der Waals surface area contributed by atoms with E-state index in [1.807, 2.05) is 0 Å². The quantitative estimate of drug-likeness (QED) is 0.601. The molecule has 0 bridgehead atoms. The van der Waals surface area contributed by atoms with E-state index < -0.39 is 28.8 Å². The zero-order chi connectivity index (χ0) is 25.4. The molecule has 1 N–H and O–H groups in total. The first-order valence-corrected chi connectivity index (χ1v) is 12.1. The van der Waals surface area contributed by atoms with Crippen LogP contribution in [-0.4, -0.2) is 57.3 Å². The number of fused-ring (bicyclic) bond motifs is 1. The van der Waals surface area contributed by atoms with Crippen LogP contribution in [0.4, 0.5) is 8.78 Å². The minimum absolute atomic E-state index is 0.0121. The number of hydrogen-bond acceptors (Lipinski definition) is 4. The number of carbonyl (C=O) groups is 2. The molecule has 2 heterocycles. The normalized spacial score (nSPS) is 16.6. The van der Waals surface area contributed by atoms with Crippen LogP contribution >= 0.6 is 0 Å². The van der Waals surface area contributed by atoms with E-state index in [-0.39, 0.29) is 34.8 Å². The lowest BCUT2D eigenvalue weighted by Gasteiger charge is -2.36. The highest BCUT2D eigenvalue weighted by Crippen LogP contribution is 2.27. The molecular weight excluding hydrogens is 470 g/mol. The molecule has 0 unspecified atom stereocenters. The molecule has 188 valence electrons. The first-order valence-electron chi connectivity index (χ1n) is 12.1. The highest BCUT2D eigenvalue weighted by molar-refractivity contribution is 5.95. The van der Waals surface area contributed by atoms with Gasteiger partial charge in [-0.1, -0.05) is 18.9 Å². The summed E-state index contributed by atoms with van der Waals surface area (Å²) < 4.78 is 29.6. The second-order valence-corrected chi connectivity index (χ2v) is 9.42. The molecular formula is C26H26F2N4O4. The molecule has 1 aromatic heterocycles. The van der Waals surface area contributed by atoms with Crippen LogP contribution in [0, 0.1) is 17.6 Å². The maximum atomic E-state index is 14.7. The summed E-state index contributed by atoms with van der Waals surface area (Å²) in [4.78, 5) is 55.9. The third-order valence-electron chi connectivity index (χ3n) is 7.14. The summed E-state index contributed by atoms with van der Waals surface area (Å²) >= 11 is 0. The Morgan fingerprint density at radius 2 is 1.61 bits per heavy atom. The van der Waals surface area contributed by atoms with Crippen LogP contribution in [0.3, 0.4) is 0 Å². The highest BCUT2D eigenvalue weighted by atomic mass is 19.1. The first-order chi connectivity index (χ1) is 17.3. The molecule has 3 aromatic rings. The predicted octanol–water partition coefficient (Wildman–Crippen LogP) is 2.49. The molecule has 1 saturated carbocycles. The molecule has 0 spiro atoms. The van der Waals surface area contributed by atoms with Gasteiger partial charge in [0.15, 0.2) is 0 Å². The second-order valence-electron chi connectivity index (χ2n) is 9.42. The molecule has 2 fully saturated rings. The molecule has 1 saturated heterocycles. The van der Waals surface area contributed by atoms with Crippen LogP contribution in [0.1, 0.15) is 41.6 Å². The predicted molar refractivity (Wildman–Crippen MR) is 129 cm³/mol. The Hall–Kier alpha value is -3.82. The molecule has 5 rings (SSSR count). The molecule has 2 aromatic carbocycles. The lowest BCUT2D eigenvalue weighted by Crippen LogP contribution is -2.51. The lowest BCUT2D eigenvalue weighted by atomic mass is 10.1. The van der Waals surface area contributed by atoms with E-state index in [4.69, 9.17) is 0 Å². The van der Waals surface area contributed by atoms with Crippen molar-refractivity contribution in [2.75, 3.05) is 26.2 Å². The van der Waals surface area contributed by atoms with Crippen molar-refractivity contribution in [2.24, 2.45) is 5.92 Å². The number of H-pyrrole nitrogens is 1. The lowest BCUT2D eigenvalue weighted by molar-refractivity contribution is -0.136. The number of hydrogen-bond donors (Lipinski definition) is 1. The summed E-state index contributed by atoms with van der Waals surface area (Å²) in [6.07, 6.45) is 3.97. The van der Waals surface area contributed by atoms with Crippen LogP contribution in [0.15, 0.2) is 46.0 Å². The minimum atomic E-state index is -0.703. The van der Waals surface area contributed by atoms with Crippen molar-refractivity contribution in [3.63, 3.8) is 0 Å². The van der Waals surface area contributed by atoms with Crippen LogP contribution in [0.2, 0.25) is 0 Å². The van der Waals surface area contributed by atoms with Crippen molar-refractivity contribution in [2.45, 2.75) is 32.2 Å². The van der Waals surface area contributed by atoms with E-state index in [9.17, 15) is 28.0 Å². The van der Waals surface area contributed by atoms with Crippen LogP contribution in [0.25, 0.3) is 10.9 Å². The Labute approximate surface area is 205 Å². The van der Waals surface area contributed by atoms with Crippen molar-refractivity contribution >= 4 is 22.7 Å². The van der Waals surface area contributed by atoms with Crippen LogP contribution < -0.4 is 11.2 Å². The maximum absolute atomic E-state index is 14.7. The fourth-order valence-electron chi connectivity index (χ4n) is 5.17. The molecule has 0 radical (unpaired) electrons. The monoisotopic (exact) mass is 496 g/mol. The zero-order valence-electron chi connectivity index (χ0n) is 19.6. The van der Waals surface area contributed by atoms with Gasteiger partial charge in [0.1, 0.15) is 11.6 Å². The number of nitrogens with one attached hydrogen (secondary N) is 1. The van der Waals surface area contributed by atoms with Crippen LogP contribution in [0.5, 0.6) is 0 Å². The summed E-state index contributed by atoms with van der Waals surface area (Å²) in [5.41, 5.74) is -0.832. The Balaban J connectivity index is 1.35. The number of benzene rings is 2. The number of rotatable bonds is 4. The van der Waals surface area contributed by atoms with Gasteiger partial charge < -0.3 is 9.80 Å². The van der Waals surface area contributed by atoms with Gasteiger partial charge in [0.05, 0.1) is 23.0 Å². The number of carbonyl (C=O) groups excluding carboxylic acids is 2. The summed E-state index contributed by atoms with van der Waals surface area (Å²) in [7, 11) is 0. The van der Waals surface area contributed by atoms with E-state index in [0.717, 1.165) is 37.8 Å². The number of nitrogens with zero attached hydrogens (tertiary/aromatic N) is 3. The number of halogens is 2. The van der Waals surface area contributed by atoms with Crippen molar-refractivity contribution in [3.8, 4) is 0 Å². The van der Waals surface area contributed by atoms with Crippen molar-refractivity contribution in [3.05, 3.63) is 80.0 Å². The fourth-order valence-corrected chi connectivity index (χ4v) is 5.17. The molecule has 0 atom stereocenters. The van der Waals surface area contributed by atoms with E-state index in [0.29, 0.717) is 31.7 Å². The van der Waals surface area contributed by atoms with E-state index in [1.165, 1.54) is 33.7 Å². The molecule has 2 amide bonds. The van der Waals surface area contributed by atoms with Crippen molar-refractivity contribution in [1.29, 1.82) is 0 Å². The molecule has 1 aliphatic heterocycles. The van der Waals surface area contributed by atoms with E-state index in [2.05, 4.69) is 4.98 Å². The third kappa shape index (κ3) is 4.55. The van der Waals surface area contributed by atoms with E-state index >= 15 is 0 Å². The molecule has 2 aliphatic rings. The topological polar surface area (TPSA) is 95.5 Å². The summed E-state index contributed by atoms with van der Waals surface area (Å²) in [5, 5.41) is 0.0121. The van der Waals surface area contributed by atoms with Gasteiger partial charge in [0.25, 0.3) is 11.5 Å². The highest BCUT2D eigenvalue weighted by Gasteiger charge is 2.31. The number of aromatic nitrogens is 2. The van der Waals surface area contributed by atoms with Crippen molar-refractivity contribution < 1.29 is 18.4 Å². The molecule has 10 heteroatoms. The Morgan fingerprint density at radius 3 is 2.33 bits per heavy atom. The SMILES string of the molecule is O=C(c1cc(Cn2c(=O)[nH]c(=O)c3cc(F)ccc32)ccc1F)N1CCN(C(=O)C2CCCC2)CC1. The minimum Gasteiger partial charge on any atom is -0.339 e. The third-order valence-corrected chi connectivity index (χ3v) is 7.14. The number of piperazine rings is 1. The van der Waals surface area contributed by atoms with Crippen LogP contribution in [-0.2, 0) is 11.3 Å². The largest absolute Gasteiger partial charge is 0.339 e. The van der Waals surface area contributed by atoms with Gasteiger partial charge in [0.2, 0.25) is 5.91 Å². The zero-order valence-corrected chi connectivity index (χ0v) is 19.6. The molecule has 36 heavy (non-hydrogen) atoms. The Kier molecular flexibility index (Phi) is 6.42. The van der Waals surface area contributed by atoms with Gasteiger partial charge >= 0.3 is 5.69 Å². The Morgan fingerprint density at radius 1 is 0.917 bits per heavy atom. The Bertz CT molecular complexity index is 1450. The summed E-state index contributed by atoms with van der Waals surface area (Å²) in [5.74, 6) is -1.56. The van der Waals surface area contributed by atoms with Gasteiger partial charge in [0, 0.05) is 32.1 Å². The van der Waals surface area contributed by atoms with Gasteiger partial charge in [-0.15, -0.1) is 0 Å². The van der Waals surface area contributed by atoms with Gasteiger partial charge in [-0.2, -0.15) is 0 Å². The average Bonchev–Trinajstić information content (AvgIpc) is 3.42. The van der Waals surface area contributed by atoms with E-state index in [1.54, 1.807) is 4.90 Å². The average molecular weight is 497 g/mol. The standard InChI is InChI=1S/C26H26F2N4O4/c27-18-6-8-22-20(14-18)23(33)29-26(36)32(22)15-16-5-7-21(28)19(13-16)25(35)31-11-9-30(10-12-31)24(34)17-3-1-2-4-17/h5-8,13-14,17H,1-4,9-12,15H2,(H,29,33,36). The first kappa shape index (κ1) is 23.9. The number of amides is 2. The van der Waals surface area contributed by atoms with Gasteiger partial charge in [-0.25, -0.2) is 13.6 Å². The molecule has 8 nitrogen and oxygen atoms in total. The van der Waals surface area contributed by atoms with Gasteiger partial charge in [-0.3, -0.25) is 23.9 Å². The smallest absolute Gasteiger partial charge is 0.329 e. The maximum Gasteiger partial charge on any atom is 0.329 e. The molecule has 1 aliphatic carbocycles.